The first-order valence-corrected chi connectivity index (χ1v) is 4.36. The average Bonchev–Trinajstić information content (AvgIpc) is 2.22. The molecule has 0 aromatic rings. The largest absolute Gasteiger partial charge is 0.394 e. The second-order valence-corrected chi connectivity index (χ2v) is 3.03. The maximum absolute atomic E-state index is 9.34. The molecule has 86 valence electrons. The van der Waals surface area contributed by atoms with Crippen molar-refractivity contribution in [3.8, 4) is 0 Å². The van der Waals surface area contributed by atoms with Gasteiger partial charge < -0.3 is 20.4 Å². The van der Waals surface area contributed by atoms with Crippen LogP contribution in [0.1, 0.15) is 0 Å². The van der Waals surface area contributed by atoms with Crippen molar-refractivity contribution in [2.24, 2.45) is 0 Å². The van der Waals surface area contributed by atoms with Crippen molar-refractivity contribution in [1.82, 2.24) is 0 Å². The van der Waals surface area contributed by atoms with Gasteiger partial charge in [0.1, 0.15) is 24.4 Å². The Kier molecular flexibility index (Phi) is 7.79. The first-order valence-electron chi connectivity index (χ1n) is 3.74. The highest BCUT2D eigenvalue weighted by Crippen LogP contribution is 2.10. The van der Waals surface area contributed by atoms with Gasteiger partial charge in [0.2, 0.25) is 0 Å². The normalized spacial score (nSPS) is 20.1. The Morgan fingerprint density at radius 1 is 1.07 bits per heavy atom. The third-order valence-corrected chi connectivity index (χ3v) is 2.01. The molecule has 0 amide bonds. The lowest BCUT2D eigenvalue weighted by atomic mass is 10.0. The van der Waals surface area contributed by atoms with E-state index in [1.54, 1.807) is 0 Å². The molecule has 0 fully saturated rings. The van der Waals surface area contributed by atoms with E-state index in [-0.39, 0.29) is 6.61 Å². The van der Waals surface area contributed by atoms with Crippen LogP contribution in [0.4, 0.5) is 0 Å². The summed E-state index contributed by atoms with van der Waals surface area (Å²) in [5, 5.41) is 36.0. The van der Waals surface area contributed by atoms with E-state index < -0.39 is 31.0 Å². The van der Waals surface area contributed by atoms with E-state index in [9.17, 15) is 10.2 Å². The summed E-state index contributed by atoms with van der Waals surface area (Å²) >= 11 is 9.87. The second-order valence-electron chi connectivity index (χ2n) is 2.63. The molecule has 0 radical (unpaired) electrons. The molecular formula is C6H12Cl2O6. The fraction of sp³-hybridized carbons (Fsp3) is 1.00. The van der Waals surface area contributed by atoms with Gasteiger partial charge in [-0.25, -0.2) is 0 Å². The van der Waals surface area contributed by atoms with E-state index in [2.05, 4.69) is 8.58 Å². The Morgan fingerprint density at radius 2 is 1.64 bits per heavy atom. The third-order valence-electron chi connectivity index (χ3n) is 1.65. The number of rotatable bonds is 7. The minimum Gasteiger partial charge on any atom is -0.394 e. The monoisotopic (exact) mass is 250 g/mol. The Bertz CT molecular complexity index is 146. The quantitative estimate of drug-likeness (QED) is 0.452. The Hall–Kier alpha value is 0.340. The summed E-state index contributed by atoms with van der Waals surface area (Å²) in [5.41, 5.74) is 0. The Morgan fingerprint density at radius 3 is 2.00 bits per heavy atom. The van der Waals surface area contributed by atoms with Crippen molar-refractivity contribution < 1.29 is 29.0 Å². The van der Waals surface area contributed by atoms with Crippen LogP contribution in [0.3, 0.4) is 0 Å². The number of aliphatic hydroxyl groups excluding tert-OH is 4. The van der Waals surface area contributed by atoms with Crippen LogP contribution in [-0.2, 0) is 8.58 Å². The smallest absolute Gasteiger partial charge is 0.133 e. The molecule has 4 N–H and O–H groups in total. The van der Waals surface area contributed by atoms with Gasteiger partial charge in [0.25, 0.3) is 0 Å². The highest BCUT2D eigenvalue weighted by atomic mass is 35.5. The van der Waals surface area contributed by atoms with Crippen LogP contribution in [0.5, 0.6) is 0 Å². The summed E-state index contributed by atoms with van der Waals surface area (Å²) in [6.07, 6.45) is -5.72. The molecule has 4 atom stereocenters. The van der Waals surface area contributed by atoms with Crippen LogP contribution < -0.4 is 0 Å². The van der Waals surface area contributed by atoms with E-state index in [0.717, 1.165) is 0 Å². The van der Waals surface area contributed by atoms with Gasteiger partial charge in [-0.2, -0.15) is 0 Å². The summed E-state index contributed by atoms with van der Waals surface area (Å²) in [5.74, 6) is 0. The van der Waals surface area contributed by atoms with Crippen LogP contribution >= 0.6 is 23.7 Å². The molecule has 14 heavy (non-hydrogen) atoms. The number of aliphatic hydroxyl groups is 4. The Balaban J connectivity index is 4.17. The summed E-state index contributed by atoms with van der Waals surface area (Å²) in [4.78, 5) is 0. The van der Waals surface area contributed by atoms with Crippen molar-refractivity contribution in [2.75, 3.05) is 13.2 Å². The summed E-state index contributed by atoms with van der Waals surface area (Å²) in [7, 11) is 0. The number of halogens is 2. The van der Waals surface area contributed by atoms with Crippen molar-refractivity contribution in [3.63, 3.8) is 0 Å². The molecule has 0 unspecified atom stereocenters. The van der Waals surface area contributed by atoms with E-state index in [0.29, 0.717) is 0 Å². The molecule has 0 aromatic heterocycles. The lowest BCUT2D eigenvalue weighted by molar-refractivity contribution is -0.114. The van der Waals surface area contributed by atoms with E-state index in [4.69, 9.17) is 33.9 Å². The topological polar surface area (TPSA) is 99.4 Å². The van der Waals surface area contributed by atoms with Crippen molar-refractivity contribution >= 4 is 23.7 Å². The first-order chi connectivity index (χ1) is 6.58. The molecule has 0 saturated heterocycles. The van der Waals surface area contributed by atoms with Gasteiger partial charge in [-0.05, 0) is 0 Å². The average molecular weight is 251 g/mol. The SMILES string of the molecule is OC[C@@H](O)[C@@H](O)[C@H](O)[C@@H](COCl)OCl. The van der Waals surface area contributed by atoms with E-state index >= 15 is 0 Å². The zero-order valence-electron chi connectivity index (χ0n) is 7.08. The van der Waals surface area contributed by atoms with Gasteiger partial charge in [-0.1, -0.05) is 0 Å². The van der Waals surface area contributed by atoms with E-state index in [1.807, 2.05) is 0 Å². The lowest BCUT2D eigenvalue weighted by Crippen LogP contribution is -2.47. The number of hydrogen-bond donors (Lipinski definition) is 4. The summed E-state index contributed by atoms with van der Waals surface area (Å²) < 4.78 is 8.36. The van der Waals surface area contributed by atoms with Gasteiger partial charge in [0.15, 0.2) is 0 Å². The van der Waals surface area contributed by atoms with Crippen molar-refractivity contribution in [3.05, 3.63) is 0 Å². The lowest BCUT2D eigenvalue weighted by Gasteiger charge is -2.25. The molecule has 0 rings (SSSR count). The highest BCUT2D eigenvalue weighted by Gasteiger charge is 2.32. The van der Waals surface area contributed by atoms with E-state index in [1.165, 1.54) is 0 Å². The van der Waals surface area contributed by atoms with Crippen LogP contribution in [-0.4, -0.2) is 58.1 Å². The first kappa shape index (κ1) is 14.3. The summed E-state index contributed by atoms with van der Waals surface area (Å²) in [6, 6.07) is 0. The van der Waals surface area contributed by atoms with Gasteiger partial charge in [-0.15, -0.1) is 0 Å². The molecule has 0 bridgehead atoms. The van der Waals surface area contributed by atoms with Gasteiger partial charge in [-0.3, -0.25) is 8.58 Å². The molecule has 0 aromatic carbocycles. The van der Waals surface area contributed by atoms with Gasteiger partial charge in [0, 0.05) is 0 Å². The van der Waals surface area contributed by atoms with Gasteiger partial charge >= 0.3 is 0 Å². The molecule has 6 nitrogen and oxygen atoms in total. The molecule has 0 aliphatic rings. The second kappa shape index (κ2) is 7.61. The van der Waals surface area contributed by atoms with Crippen LogP contribution in [0.15, 0.2) is 0 Å². The van der Waals surface area contributed by atoms with Gasteiger partial charge in [0.05, 0.1) is 36.9 Å². The predicted molar refractivity (Wildman–Crippen MR) is 47.6 cm³/mol. The van der Waals surface area contributed by atoms with Crippen molar-refractivity contribution in [1.29, 1.82) is 0 Å². The molecule has 8 heteroatoms. The van der Waals surface area contributed by atoms with Crippen LogP contribution in [0.25, 0.3) is 0 Å². The maximum atomic E-state index is 9.34. The fourth-order valence-electron chi connectivity index (χ4n) is 0.795. The Labute approximate surface area is 90.9 Å². The number of hydrogen-bond acceptors (Lipinski definition) is 6. The predicted octanol–water partition coefficient (Wildman–Crippen LogP) is -1.23. The minimum absolute atomic E-state index is 0.276. The van der Waals surface area contributed by atoms with Crippen LogP contribution in [0, 0.1) is 0 Å². The molecule has 0 saturated carbocycles. The molecule has 0 spiro atoms. The minimum atomic E-state index is -1.60. The standard InChI is InChI=1S/C6H12Cl2O6/c7-13-2-4(14-8)6(12)5(11)3(10)1-9/h3-6,9-12H,1-2H2/t3-,4-,5-,6-/m1/s1. The zero-order chi connectivity index (χ0) is 11.1. The summed E-state index contributed by atoms with van der Waals surface area (Å²) in [6.45, 7) is -0.976. The third kappa shape index (κ3) is 4.24. The fourth-order valence-corrected chi connectivity index (χ4v) is 1.08. The highest BCUT2D eigenvalue weighted by molar-refractivity contribution is 6.08. The zero-order valence-corrected chi connectivity index (χ0v) is 8.60. The molecule has 0 aliphatic carbocycles. The maximum Gasteiger partial charge on any atom is 0.133 e. The molecular weight excluding hydrogens is 239 g/mol. The molecule has 0 aliphatic heterocycles. The van der Waals surface area contributed by atoms with Crippen LogP contribution in [0.2, 0.25) is 0 Å². The molecule has 0 heterocycles. The van der Waals surface area contributed by atoms with Crippen molar-refractivity contribution in [2.45, 2.75) is 24.4 Å².